The van der Waals surface area contributed by atoms with E-state index >= 15 is 0 Å². The van der Waals surface area contributed by atoms with E-state index in [1.807, 2.05) is 24.3 Å². The van der Waals surface area contributed by atoms with Crippen LogP contribution in [0.15, 0.2) is 138 Å². The molecule has 5 aromatic rings. The summed E-state index contributed by atoms with van der Waals surface area (Å²) in [6.45, 7) is 0.594. The molecule has 0 bridgehead atoms. The summed E-state index contributed by atoms with van der Waals surface area (Å²) in [7, 11) is 0. The van der Waals surface area contributed by atoms with E-state index < -0.39 is 0 Å². The minimum absolute atomic E-state index is 0.274. The largest absolute Gasteiger partial charge is 0.489 e. The Kier molecular flexibility index (Phi) is 7.33. The normalized spacial score (nSPS) is 16.8. The number of ether oxygens (including phenoxy) is 1. The lowest BCUT2D eigenvalue weighted by molar-refractivity contribution is 0.306. The van der Waals surface area contributed by atoms with Crippen molar-refractivity contribution in [2.24, 2.45) is 4.99 Å². The number of hydrogen-bond donors (Lipinski definition) is 0. The van der Waals surface area contributed by atoms with Gasteiger partial charge in [0.05, 0.1) is 11.1 Å². The molecular formula is C43H35NO. The zero-order chi connectivity index (χ0) is 30.0. The first-order valence-electron chi connectivity index (χ1n) is 16.1. The predicted molar refractivity (Wildman–Crippen MR) is 187 cm³/mol. The fourth-order valence-electron chi connectivity index (χ4n) is 6.88. The summed E-state index contributed by atoms with van der Waals surface area (Å²) < 4.78 is 5.97. The van der Waals surface area contributed by atoms with Gasteiger partial charge in [0.25, 0.3) is 0 Å². The van der Waals surface area contributed by atoms with Gasteiger partial charge in [-0.25, -0.2) is 4.99 Å². The van der Waals surface area contributed by atoms with E-state index in [0.29, 0.717) is 6.61 Å². The maximum Gasteiger partial charge on any atom is 0.119 e. The van der Waals surface area contributed by atoms with Gasteiger partial charge in [-0.3, -0.25) is 0 Å². The first-order chi connectivity index (χ1) is 22.3. The maximum atomic E-state index is 5.97. The molecule has 1 aliphatic heterocycles. The van der Waals surface area contributed by atoms with Crippen molar-refractivity contribution in [2.75, 3.05) is 0 Å². The number of nitrogens with zero attached hydrogens (tertiary/aromatic N) is 1. The van der Waals surface area contributed by atoms with Gasteiger partial charge in [0.1, 0.15) is 12.4 Å². The molecule has 0 saturated carbocycles. The smallest absolute Gasteiger partial charge is 0.119 e. The molecule has 1 atom stereocenters. The molecule has 3 aliphatic carbocycles. The predicted octanol–water partition coefficient (Wildman–Crippen LogP) is 7.44. The highest BCUT2D eigenvalue weighted by Gasteiger charge is 2.14. The molecule has 0 N–H and O–H groups in total. The van der Waals surface area contributed by atoms with Crippen molar-refractivity contribution in [3.05, 3.63) is 176 Å². The molecule has 2 nitrogen and oxygen atoms in total. The third-order valence-corrected chi connectivity index (χ3v) is 9.24. The van der Waals surface area contributed by atoms with Gasteiger partial charge in [-0.1, -0.05) is 121 Å². The van der Waals surface area contributed by atoms with Crippen molar-refractivity contribution in [1.82, 2.24) is 0 Å². The summed E-state index contributed by atoms with van der Waals surface area (Å²) in [5.74, 6) is 1.18. The Morgan fingerprint density at radius 1 is 0.778 bits per heavy atom. The molecule has 0 radical (unpaired) electrons. The van der Waals surface area contributed by atoms with Crippen LogP contribution in [0, 0.1) is 0 Å². The number of aryl methyl sites for hydroxylation is 1. The maximum absolute atomic E-state index is 5.97. The van der Waals surface area contributed by atoms with Crippen molar-refractivity contribution in [3.63, 3.8) is 0 Å². The summed E-state index contributed by atoms with van der Waals surface area (Å²) in [5, 5.41) is 8.01. The quantitative estimate of drug-likeness (QED) is 0.216. The number of allylic oxidation sites excluding steroid dienone is 5. The molecule has 0 spiro atoms. The van der Waals surface area contributed by atoms with Crippen molar-refractivity contribution < 1.29 is 4.74 Å². The Hall–Kier alpha value is -5.21. The standard InChI is InChI=1S/C31H26O.C12H9N/c1-2-6-22(7-3-1)21-32-27-16-12-23(13-17-27)26-11-10-25-15-18-29-28-9-5-4-8-24(28)14-19-30(29)31(25)20-26;1-3-7-11-9(5-1)10-6-2-4-8-12(10)13-11/h1-3,6-7,9-20,26H,4-5,8,21H2;1-5,7-8H,6H2. The Morgan fingerprint density at radius 2 is 1.60 bits per heavy atom. The second-order valence-corrected chi connectivity index (χ2v) is 12.1. The molecule has 9 rings (SSSR count). The van der Waals surface area contributed by atoms with Crippen LogP contribution in [0.25, 0.3) is 34.6 Å². The molecule has 0 amide bonds. The van der Waals surface area contributed by atoms with E-state index in [0.717, 1.165) is 23.2 Å². The van der Waals surface area contributed by atoms with Gasteiger partial charge >= 0.3 is 0 Å². The van der Waals surface area contributed by atoms with E-state index in [9.17, 15) is 0 Å². The van der Waals surface area contributed by atoms with Gasteiger partial charge in [-0.05, 0) is 99.0 Å². The molecule has 1 unspecified atom stereocenters. The third kappa shape index (κ3) is 5.49. The lowest BCUT2D eigenvalue weighted by atomic mass is 9.88. The summed E-state index contributed by atoms with van der Waals surface area (Å²) in [6, 6.07) is 36.4. The Bertz CT molecular complexity index is 2250. The number of rotatable bonds is 4. The van der Waals surface area contributed by atoms with E-state index in [2.05, 4.69) is 126 Å². The van der Waals surface area contributed by atoms with Gasteiger partial charge in [-0.15, -0.1) is 0 Å². The molecule has 2 heteroatoms. The van der Waals surface area contributed by atoms with Crippen LogP contribution in [0.3, 0.4) is 0 Å². The lowest BCUT2D eigenvalue weighted by Crippen LogP contribution is -2.21. The van der Waals surface area contributed by atoms with Gasteiger partial charge in [0.2, 0.25) is 0 Å². The van der Waals surface area contributed by atoms with Crippen LogP contribution in [0.4, 0.5) is 0 Å². The zero-order valence-electron chi connectivity index (χ0n) is 25.3. The van der Waals surface area contributed by atoms with E-state index in [1.165, 1.54) is 73.5 Å². The van der Waals surface area contributed by atoms with E-state index in [4.69, 9.17) is 4.74 Å². The highest BCUT2D eigenvalue weighted by atomic mass is 16.5. The molecular weight excluding hydrogens is 546 g/mol. The highest BCUT2D eigenvalue weighted by Crippen LogP contribution is 2.27. The summed E-state index contributed by atoms with van der Waals surface area (Å²) >= 11 is 0. The van der Waals surface area contributed by atoms with Crippen LogP contribution < -0.4 is 25.8 Å². The summed E-state index contributed by atoms with van der Waals surface area (Å²) in [5.41, 5.74) is 7.80. The van der Waals surface area contributed by atoms with E-state index in [1.54, 1.807) is 0 Å². The average Bonchev–Trinajstić information content (AvgIpc) is 3.50. The van der Waals surface area contributed by atoms with E-state index in [-0.39, 0.29) is 5.92 Å². The van der Waals surface area contributed by atoms with Gasteiger partial charge in [0, 0.05) is 11.1 Å². The fraction of sp³-hybridized carbons (Fsp3) is 0.140. The van der Waals surface area contributed by atoms with Crippen LogP contribution in [0.2, 0.25) is 0 Å². The molecule has 4 aliphatic rings. The Balaban J connectivity index is 0.000000192. The topological polar surface area (TPSA) is 21.6 Å². The van der Waals surface area contributed by atoms with Crippen LogP contribution in [-0.4, -0.2) is 0 Å². The van der Waals surface area contributed by atoms with Crippen LogP contribution in [0.1, 0.15) is 47.4 Å². The first-order valence-corrected chi connectivity index (χ1v) is 16.1. The zero-order valence-corrected chi connectivity index (χ0v) is 25.3. The lowest BCUT2D eigenvalue weighted by Gasteiger charge is -2.17. The van der Waals surface area contributed by atoms with Crippen molar-refractivity contribution in [1.29, 1.82) is 0 Å². The van der Waals surface area contributed by atoms with Crippen molar-refractivity contribution in [3.8, 4) is 5.75 Å². The molecule has 45 heavy (non-hydrogen) atoms. The molecule has 5 aromatic carbocycles. The molecule has 0 saturated heterocycles. The SMILES string of the molecule is C1=CC(c2ccc(OCc3ccccc3)cc2)C=c2c1ccc1c3c(ccc21)CCCC=3.C1=CCC2=c3ccccc3=NC2=C1. The number of hydrogen-bond acceptors (Lipinski definition) is 2. The summed E-state index contributed by atoms with van der Waals surface area (Å²) in [4.78, 5) is 4.55. The van der Waals surface area contributed by atoms with Gasteiger partial charge < -0.3 is 4.74 Å². The third-order valence-electron chi connectivity index (χ3n) is 9.24. The number of fused-ring (bicyclic) bond motifs is 7. The van der Waals surface area contributed by atoms with Crippen LogP contribution in [0.5, 0.6) is 5.75 Å². The first kappa shape index (κ1) is 27.3. The average molecular weight is 582 g/mol. The second kappa shape index (κ2) is 12.1. The molecule has 1 heterocycles. The molecule has 218 valence electrons. The Morgan fingerprint density at radius 3 is 2.51 bits per heavy atom. The van der Waals surface area contributed by atoms with Gasteiger partial charge in [0.15, 0.2) is 0 Å². The number of benzene rings is 5. The van der Waals surface area contributed by atoms with Crippen molar-refractivity contribution in [2.45, 2.75) is 38.2 Å². The minimum Gasteiger partial charge on any atom is -0.489 e. The molecule has 0 fully saturated rings. The van der Waals surface area contributed by atoms with Crippen LogP contribution in [-0.2, 0) is 13.0 Å². The highest BCUT2D eigenvalue weighted by molar-refractivity contribution is 5.89. The second-order valence-electron chi connectivity index (χ2n) is 12.1. The Labute approximate surface area is 264 Å². The van der Waals surface area contributed by atoms with Crippen LogP contribution >= 0.6 is 0 Å². The number of para-hydroxylation sites is 1. The minimum atomic E-state index is 0.274. The monoisotopic (exact) mass is 581 g/mol. The summed E-state index contributed by atoms with van der Waals surface area (Å²) in [6.07, 6.45) is 20.4. The van der Waals surface area contributed by atoms with Gasteiger partial charge in [-0.2, -0.15) is 0 Å². The molecule has 0 aromatic heterocycles. The van der Waals surface area contributed by atoms with Crippen molar-refractivity contribution >= 4 is 34.6 Å². The fourth-order valence-corrected chi connectivity index (χ4v) is 6.88.